The van der Waals surface area contributed by atoms with Gasteiger partial charge in [0.2, 0.25) is 0 Å². The van der Waals surface area contributed by atoms with Crippen molar-refractivity contribution < 1.29 is 0 Å². The van der Waals surface area contributed by atoms with Crippen molar-refractivity contribution in [2.45, 2.75) is 25.7 Å². The molecule has 0 spiro atoms. The van der Waals surface area contributed by atoms with Crippen LogP contribution in [0.3, 0.4) is 0 Å². The lowest BCUT2D eigenvalue weighted by Crippen LogP contribution is -2.18. The Morgan fingerprint density at radius 3 is 2.50 bits per heavy atom. The first-order chi connectivity index (χ1) is 5.77. The van der Waals surface area contributed by atoms with Gasteiger partial charge in [-0.1, -0.05) is 36.7 Å². The summed E-state index contributed by atoms with van der Waals surface area (Å²) in [5.74, 6) is 1.62. The Balaban J connectivity index is 2.18. The lowest BCUT2D eigenvalue weighted by Gasteiger charge is -2.33. The van der Waals surface area contributed by atoms with E-state index in [9.17, 15) is 0 Å². The van der Waals surface area contributed by atoms with Crippen LogP contribution in [0.2, 0.25) is 5.02 Å². The summed E-state index contributed by atoms with van der Waals surface area (Å²) in [6, 6.07) is 8.21. The Morgan fingerprint density at radius 1 is 1.25 bits per heavy atom. The second-order valence-electron chi connectivity index (χ2n) is 3.80. The van der Waals surface area contributed by atoms with E-state index in [0.29, 0.717) is 0 Å². The van der Waals surface area contributed by atoms with Crippen LogP contribution >= 0.6 is 11.6 Å². The average molecular weight is 181 g/mol. The molecule has 0 unspecified atom stereocenters. The highest BCUT2D eigenvalue weighted by molar-refractivity contribution is 6.31. The highest BCUT2D eigenvalue weighted by Crippen LogP contribution is 2.43. The van der Waals surface area contributed by atoms with Crippen LogP contribution in [-0.2, 0) is 0 Å². The Morgan fingerprint density at radius 2 is 1.92 bits per heavy atom. The predicted octanol–water partition coefficient (Wildman–Crippen LogP) is 3.85. The highest BCUT2D eigenvalue weighted by Gasteiger charge is 2.27. The van der Waals surface area contributed by atoms with Crippen LogP contribution in [0.25, 0.3) is 0 Å². The lowest BCUT2D eigenvalue weighted by atomic mass is 9.72. The monoisotopic (exact) mass is 180 g/mol. The van der Waals surface area contributed by atoms with Crippen LogP contribution in [0, 0.1) is 5.92 Å². The normalized spacial score (nSPS) is 28.2. The van der Waals surface area contributed by atoms with Gasteiger partial charge in [-0.3, -0.25) is 0 Å². The van der Waals surface area contributed by atoms with Gasteiger partial charge in [0, 0.05) is 5.02 Å². The fourth-order valence-electron chi connectivity index (χ4n) is 1.96. The molecule has 1 aromatic rings. The van der Waals surface area contributed by atoms with Gasteiger partial charge in [-0.2, -0.15) is 0 Å². The predicted molar refractivity (Wildman–Crippen MR) is 52.6 cm³/mol. The van der Waals surface area contributed by atoms with Gasteiger partial charge < -0.3 is 0 Å². The van der Waals surface area contributed by atoms with E-state index in [0.717, 1.165) is 16.9 Å². The molecule has 1 aromatic carbocycles. The molecule has 0 radical (unpaired) electrons. The first-order valence-corrected chi connectivity index (χ1v) is 4.89. The van der Waals surface area contributed by atoms with Crippen LogP contribution < -0.4 is 0 Å². The quantitative estimate of drug-likeness (QED) is 0.616. The van der Waals surface area contributed by atoms with Crippen molar-refractivity contribution >= 4 is 11.6 Å². The smallest absolute Gasteiger partial charge is 0.0440 e. The number of hydrogen-bond acceptors (Lipinski definition) is 0. The molecule has 2 rings (SSSR count). The molecule has 64 valence electrons. The molecule has 0 saturated heterocycles. The zero-order valence-corrected chi connectivity index (χ0v) is 8.01. The maximum Gasteiger partial charge on any atom is 0.0440 e. The lowest BCUT2D eigenvalue weighted by molar-refractivity contribution is 0.288. The van der Waals surface area contributed by atoms with E-state index in [-0.39, 0.29) is 0 Å². The molecule has 0 aliphatic heterocycles. The molecule has 12 heavy (non-hydrogen) atoms. The highest BCUT2D eigenvalue weighted by atomic mass is 35.5. The molecule has 1 saturated carbocycles. The molecule has 1 aliphatic rings. The topological polar surface area (TPSA) is 0 Å². The second-order valence-corrected chi connectivity index (χ2v) is 4.20. The first-order valence-electron chi connectivity index (χ1n) is 4.52. The zero-order chi connectivity index (χ0) is 8.55. The minimum Gasteiger partial charge on any atom is -0.0840 e. The van der Waals surface area contributed by atoms with Crippen molar-refractivity contribution in [2.24, 2.45) is 5.92 Å². The molecular weight excluding hydrogens is 168 g/mol. The SMILES string of the molecule is C[C@H]1C[C@@H](c2ccccc2Cl)C1. The van der Waals surface area contributed by atoms with E-state index < -0.39 is 0 Å². The van der Waals surface area contributed by atoms with Gasteiger partial charge in [-0.25, -0.2) is 0 Å². The van der Waals surface area contributed by atoms with Crippen LogP contribution in [0.15, 0.2) is 24.3 Å². The molecule has 0 bridgehead atoms. The number of hydrogen-bond donors (Lipinski definition) is 0. The van der Waals surface area contributed by atoms with Gasteiger partial charge in [0.15, 0.2) is 0 Å². The molecule has 0 atom stereocenters. The van der Waals surface area contributed by atoms with E-state index in [1.54, 1.807) is 0 Å². The number of rotatable bonds is 1. The summed E-state index contributed by atoms with van der Waals surface area (Å²) >= 11 is 6.08. The fraction of sp³-hybridized carbons (Fsp3) is 0.455. The molecule has 1 fully saturated rings. The maximum absolute atomic E-state index is 6.08. The standard InChI is InChI=1S/C11H13Cl/c1-8-6-9(7-8)10-4-2-3-5-11(10)12/h2-5,8-9H,6-7H2,1H3/t8-,9+. The second kappa shape index (κ2) is 3.10. The molecule has 0 aromatic heterocycles. The summed E-state index contributed by atoms with van der Waals surface area (Å²) in [4.78, 5) is 0. The van der Waals surface area contributed by atoms with Gasteiger partial charge >= 0.3 is 0 Å². The first kappa shape index (κ1) is 8.12. The molecular formula is C11H13Cl. The Kier molecular flexibility index (Phi) is 2.10. The zero-order valence-electron chi connectivity index (χ0n) is 7.26. The summed E-state index contributed by atoms with van der Waals surface area (Å²) in [5, 5.41) is 0.939. The van der Waals surface area contributed by atoms with Gasteiger partial charge in [-0.15, -0.1) is 0 Å². The third-order valence-corrected chi connectivity index (χ3v) is 3.06. The van der Waals surface area contributed by atoms with Gasteiger partial charge in [-0.05, 0) is 36.3 Å². The summed E-state index contributed by atoms with van der Waals surface area (Å²) in [7, 11) is 0. The van der Waals surface area contributed by atoms with E-state index in [1.165, 1.54) is 18.4 Å². The van der Waals surface area contributed by atoms with Crippen molar-refractivity contribution in [2.75, 3.05) is 0 Å². The molecule has 0 heterocycles. The Hall–Kier alpha value is -0.490. The molecule has 0 amide bonds. The minimum atomic E-state index is 0.730. The molecule has 1 aliphatic carbocycles. The summed E-state index contributed by atoms with van der Waals surface area (Å²) < 4.78 is 0. The molecule has 0 nitrogen and oxygen atoms in total. The number of benzene rings is 1. The van der Waals surface area contributed by atoms with Crippen molar-refractivity contribution in [1.82, 2.24) is 0 Å². The average Bonchev–Trinajstić information content (AvgIpc) is 2.01. The van der Waals surface area contributed by atoms with Crippen molar-refractivity contribution in [3.8, 4) is 0 Å². The maximum atomic E-state index is 6.08. The number of halogens is 1. The minimum absolute atomic E-state index is 0.730. The fourth-order valence-corrected chi connectivity index (χ4v) is 2.25. The Bertz CT molecular complexity index is 274. The van der Waals surface area contributed by atoms with Gasteiger partial charge in [0.25, 0.3) is 0 Å². The largest absolute Gasteiger partial charge is 0.0840 e. The summed E-state index contributed by atoms with van der Waals surface area (Å²) in [5.41, 5.74) is 1.34. The van der Waals surface area contributed by atoms with Crippen molar-refractivity contribution in [3.63, 3.8) is 0 Å². The van der Waals surface area contributed by atoms with Crippen LogP contribution in [-0.4, -0.2) is 0 Å². The van der Waals surface area contributed by atoms with E-state index in [1.807, 2.05) is 12.1 Å². The summed E-state index contributed by atoms with van der Waals surface area (Å²) in [6.07, 6.45) is 2.62. The molecule has 0 N–H and O–H groups in total. The molecule has 1 heteroatoms. The summed E-state index contributed by atoms with van der Waals surface area (Å²) in [6.45, 7) is 2.30. The van der Waals surface area contributed by atoms with Crippen LogP contribution in [0.5, 0.6) is 0 Å². The van der Waals surface area contributed by atoms with Crippen molar-refractivity contribution in [3.05, 3.63) is 34.9 Å². The third-order valence-electron chi connectivity index (χ3n) is 2.72. The van der Waals surface area contributed by atoms with Crippen LogP contribution in [0.1, 0.15) is 31.2 Å². The van der Waals surface area contributed by atoms with E-state index >= 15 is 0 Å². The third kappa shape index (κ3) is 1.36. The van der Waals surface area contributed by atoms with Gasteiger partial charge in [0.05, 0.1) is 0 Å². The van der Waals surface area contributed by atoms with Gasteiger partial charge in [0.1, 0.15) is 0 Å². The van der Waals surface area contributed by atoms with Crippen LogP contribution in [0.4, 0.5) is 0 Å². The Labute approximate surface area is 78.6 Å². The van der Waals surface area contributed by atoms with E-state index in [4.69, 9.17) is 11.6 Å². The van der Waals surface area contributed by atoms with Crippen molar-refractivity contribution in [1.29, 1.82) is 0 Å². The van der Waals surface area contributed by atoms with E-state index in [2.05, 4.69) is 19.1 Å².